The van der Waals surface area contributed by atoms with Gasteiger partial charge in [0.05, 0.1) is 12.0 Å². The van der Waals surface area contributed by atoms with E-state index in [4.69, 9.17) is 0 Å². The third-order valence-corrected chi connectivity index (χ3v) is 6.30. The molecule has 1 aliphatic carbocycles. The number of rotatable bonds is 3. The van der Waals surface area contributed by atoms with E-state index in [9.17, 15) is 4.79 Å². The monoisotopic (exact) mass is 367 g/mol. The first-order chi connectivity index (χ1) is 13.0. The molecule has 1 unspecified atom stereocenters. The van der Waals surface area contributed by atoms with Crippen molar-refractivity contribution in [1.29, 1.82) is 0 Å². The summed E-state index contributed by atoms with van der Waals surface area (Å²) in [6.45, 7) is 8.77. The van der Waals surface area contributed by atoms with E-state index < -0.39 is 0 Å². The highest BCUT2D eigenvalue weighted by molar-refractivity contribution is 5.42. The summed E-state index contributed by atoms with van der Waals surface area (Å²) in [7, 11) is 0. The minimum atomic E-state index is 0.0969. The van der Waals surface area contributed by atoms with Crippen LogP contribution in [0, 0.1) is 25.7 Å². The van der Waals surface area contributed by atoms with Crippen LogP contribution in [0.4, 0.5) is 5.82 Å². The predicted molar refractivity (Wildman–Crippen MR) is 106 cm³/mol. The molecule has 0 bridgehead atoms. The van der Waals surface area contributed by atoms with Gasteiger partial charge >= 0.3 is 0 Å². The summed E-state index contributed by atoms with van der Waals surface area (Å²) in [6.07, 6.45) is 7.23. The molecule has 2 aromatic rings. The zero-order valence-corrected chi connectivity index (χ0v) is 16.6. The Morgan fingerprint density at radius 3 is 2.70 bits per heavy atom. The minimum Gasteiger partial charge on any atom is -0.355 e. The molecule has 1 atom stereocenters. The quantitative estimate of drug-likeness (QED) is 0.835. The average molecular weight is 367 g/mol. The summed E-state index contributed by atoms with van der Waals surface area (Å²) in [6, 6.07) is 2.26. The number of hydrogen-bond acceptors (Lipinski definition) is 5. The number of piperidine rings is 1. The van der Waals surface area contributed by atoms with Crippen molar-refractivity contribution < 1.29 is 0 Å². The third-order valence-electron chi connectivity index (χ3n) is 6.30. The van der Waals surface area contributed by atoms with Crippen LogP contribution in [0.1, 0.15) is 48.7 Å². The van der Waals surface area contributed by atoms with Crippen molar-refractivity contribution in [1.82, 2.24) is 19.7 Å². The fourth-order valence-corrected chi connectivity index (χ4v) is 4.27. The lowest BCUT2D eigenvalue weighted by atomic mass is 9.88. The summed E-state index contributed by atoms with van der Waals surface area (Å²) in [5.41, 5.74) is 4.25. The van der Waals surface area contributed by atoms with E-state index in [2.05, 4.69) is 33.1 Å². The molecular formula is C21H29N5O. The van der Waals surface area contributed by atoms with Gasteiger partial charge in [-0.15, -0.1) is 5.10 Å². The molecule has 3 heterocycles. The maximum absolute atomic E-state index is 12.4. The Kier molecular flexibility index (Phi) is 4.98. The second-order valence-corrected chi connectivity index (χ2v) is 8.37. The zero-order chi connectivity index (χ0) is 19.0. The average Bonchev–Trinajstić information content (AvgIpc) is 2.68. The highest BCUT2D eigenvalue weighted by atomic mass is 16.1. The van der Waals surface area contributed by atoms with Crippen LogP contribution < -0.4 is 10.5 Å². The van der Waals surface area contributed by atoms with Crippen LogP contribution >= 0.6 is 0 Å². The number of aromatic nitrogens is 4. The third kappa shape index (κ3) is 3.75. The fraction of sp³-hybridized carbons (Fsp3) is 0.619. The number of nitrogens with zero attached hydrogens (tertiary/aromatic N) is 5. The van der Waals surface area contributed by atoms with Crippen LogP contribution in [-0.4, -0.2) is 32.8 Å². The minimum absolute atomic E-state index is 0.0969. The summed E-state index contributed by atoms with van der Waals surface area (Å²) in [5, 5.41) is 9.00. The van der Waals surface area contributed by atoms with Crippen LogP contribution in [0.5, 0.6) is 0 Å². The van der Waals surface area contributed by atoms with Crippen molar-refractivity contribution in [3.8, 4) is 0 Å². The Bertz CT molecular complexity index is 883. The lowest BCUT2D eigenvalue weighted by molar-refractivity contribution is 0.349. The Balaban J connectivity index is 1.40. The van der Waals surface area contributed by atoms with Crippen LogP contribution in [0.25, 0.3) is 0 Å². The molecule has 6 heteroatoms. The predicted octanol–water partition coefficient (Wildman–Crippen LogP) is 2.69. The van der Waals surface area contributed by atoms with Gasteiger partial charge in [-0.3, -0.25) is 9.36 Å². The molecule has 27 heavy (non-hydrogen) atoms. The molecule has 0 radical (unpaired) electrons. The second kappa shape index (κ2) is 7.41. The lowest BCUT2D eigenvalue weighted by Crippen LogP contribution is -2.37. The van der Waals surface area contributed by atoms with Gasteiger partial charge in [-0.2, -0.15) is 5.10 Å². The van der Waals surface area contributed by atoms with Gasteiger partial charge in [0, 0.05) is 30.9 Å². The smallest absolute Gasteiger partial charge is 0.256 e. The first kappa shape index (κ1) is 18.1. The van der Waals surface area contributed by atoms with Crippen molar-refractivity contribution in [2.45, 2.75) is 59.4 Å². The Hall–Kier alpha value is -2.24. The van der Waals surface area contributed by atoms with Gasteiger partial charge in [0.2, 0.25) is 0 Å². The highest BCUT2D eigenvalue weighted by Gasteiger charge is 2.23. The maximum atomic E-state index is 12.4. The van der Waals surface area contributed by atoms with E-state index in [1.165, 1.54) is 17.7 Å². The van der Waals surface area contributed by atoms with Crippen molar-refractivity contribution in [2.24, 2.45) is 11.8 Å². The molecule has 1 aliphatic heterocycles. The molecule has 0 saturated carbocycles. The van der Waals surface area contributed by atoms with Gasteiger partial charge in [0.15, 0.2) is 5.82 Å². The maximum Gasteiger partial charge on any atom is 0.256 e. The van der Waals surface area contributed by atoms with Gasteiger partial charge in [-0.05, 0) is 69.4 Å². The zero-order valence-electron chi connectivity index (χ0n) is 16.6. The molecule has 4 rings (SSSR count). The summed E-state index contributed by atoms with van der Waals surface area (Å²) in [4.78, 5) is 19.1. The molecule has 1 fully saturated rings. The Morgan fingerprint density at radius 2 is 1.93 bits per heavy atom. The van der Waals surface area contributed by atoms with Crippen LogP contribution in [-0.2, 0) is 19.4 Å². The van der Waals surface area contributed by atoms with E-state index >= 15 is 0 Å². The normalized spacial score (nSPS) is 20.6. The number of hydrogen-bond donors (Lipinski definition) is 0. The van der Waals surface area contributed by atoms with Crippen molar-refractivity contribution in [3.63, 3.8) is 0 Å². The Labute approximate surface area is 160 Å². The van der Waals surface area contributed by atoms with E-state index in [1.807, 2.05) is 13.8 Å². The molecule has 144 valence electrons. The first-order valence-corrected chi connectivity index (χ1v) is 10.1. The Morgan fingerprint density at radius 1 is 1.15 bits per heavy atom. The fourth-order valence-electron chi connectivity index (χ4n) is 4.27. The number of anilines is 1. The number of fused-ring (bicyclic) bond motifs is 1. The molecule has 2 aromatic heterocycles. The van der Waals surface area contributed by atoms with E-state index in [0.29, 0.717) is 5.92 Å². The standard InChI is InChI=1S/C21H29N5O/c1-14-4-5-19-18(10-14)11-20(24-23-19)25-8-6-17(7-9-25)12-26-13-22-16(3)15(2)21(26)27/h11,13-14,17H,4-10,12H2,1-3H3. The molecule has 0 spiro atoms. The lowest BCUT2D eigenvalue weighted by Gasteiger charge is -2.33. The summed E-state index contributed by atoms with van der Waals surface area (Å²) < 4.78 is 1.78. The van der Waals surface area contributed by atoms with Gasteiger partial charge in [-0.1, -0.05) is 6.92 Å². The SMILES string of the molecule is Cc1ncn(CC2CCN(c3cc4c(nn3)CCC(C)C4)CC2)c(=O)c1C. The molecule has 1 saturated heterocycles. The molecule has 0 N–H and O–H groups in total. The topological polar surface area (TPSA) is 63.9 Å². The molecule has 0 aromatic carbocycles. The van der Waals surface area contributed by atoms with Crippen molar-refractivity contribution >= 4 is 5.82 Å². The number of aryl methyl sites for hydroxylation is 2. The van der Waals surface area contributed by atoms with Crippen molar-refractivity contribution in [2.75, 3.05) is 18.0 Å². The second-order valence-electron chi connectivity index (χ2n) is 8.37. The van der Waals surface area contributed by atoms with Gasteiger partial charge in [0.1, 0.15) is 0 Å². The molecule has 2 aliphatic rings. The van der Waals surface area contributed by atoms with E-state index in [1.54, 1.807) is 10.9 Å². The van der Waals surface area contributed by atoms with E-state index in [-0.39, 0.29) is 5.56 Å². The van der Waals surface area contributed by atoms with E-state index in [0.717, 1.165) is 68.3 Å². The van der Waals surface area contributed by atoms with Crippen LogP contribution in [0.2, 0.25) is 0 Å². The summed E-state index contributed by atoms with van der Waals surface area (Å²) in [5.74, 6) is 2.27. The molecule has 0 amide bonds. The largest absolute Gasteiger partial charge is 0.355 e. The van der Waals surface area contributed by atoms with Crippen LogP contribution in [0.3, 0.4) is 0 Å². The van der Waals surface area contributed by atoms with Gasteiger partial charge in [-0.25, -0.2) is 4.98 Å². The van der Waals surface area contributed by atoms with Gasteiger partial charge < -0.3 is 4.90 Å². The molecule has 6 nitrogen and oxygen atoms in total. The van der Waals surface area contributed by atoms with Crippen molar-refractivity contribution in [3.05, 3.63) is 45.3 Å². The molecular weight excluding hydrogens is 338 g/mol. The van der Waals surface area contributed by atoms with Crippen LogP contribution in [0.15, 0.2) is 17.2 Å². The summed E-state index contributed by atoms with van der Waals surface area (Å²) >= 11 is 0. The first-order valence-electron chi connectivity index (χ1n) is 10.1. The van der Waals surface area contributed by atoms with Gasteiger partial charge in [0.25, 0.3) is 5.56 Å². The highest BCUT2D eigenvalue weighted by Crippen LogP contribution is 2.28.